The van der Waals surface area contributed by atoms with Crippen molar-refractivity contribution >= 4 is 26.1 Å². The van der Waals surface area contributed by atoms with Gasteiger partial charge in [-0.25, -0.2) is 0 Å². The van der Waals surface area contributed by atoms with Crippen LogP contribution < -0.4 is 4.72 Å². The number of morpholine rings is 1. The first-order valence-electron chi connectivity index (χ1n) is 6.65. The molecule has 7 heteroatoms. The van der Waals surface area contributed by atoms with Crippen molar-refractivity contribution in [1.82, 2.24) is 9.03 Å². The summed E-state index contributed by atoms with van der Waals surface area (Å²) in [7, 11) is -3.47. The van der Waals surface area contributed by atoms with Crippen molar-refractivity contribution in [3.63, 3.8) is 0 Å². The van der Waals surface area contributed by atoms with Crippen LogP contribution in [0, 0.1) is 0 Å². The van der Waals surface area contributed by atoms with Crippen molar-refractivity contribution in [1.29, 1.82) is 0 Å². The minimum Gasteiger partial charge on any atom is -0.379 e. The van der Waals surface area contributed by atoms with Crippen LogP contribution in [0.3, 0.4) is 0 Å². The van der Waals surface area contributed by atoms with Gasteiger partial charge in [0.2, 0.25) is 0 Å². The highest BCUT2D eigenvalue weighted by Crippen LogP contribution is 2.36. The van der Waals surface area contributed by atoms with Crippen LogP contribution in [0.4, 0.5) is 0 Å². The second kappa shape index (κ2) is 5.73. The van der Waals surface area contributed by atoms with E-state index in [0.29, 0.717) is 26.3 Å². The Morgan fingerprint density at radius 2 is 1.95 bits per heavy atom. The molecule has 1 aromatic carbocycles. The van der Waals surface area contributed by atoms with Crippen LogP contribution in [0.25, 0.3) is 0 Å². The molecular weight excluding hydrogens is 344 g/mol. The molecule has 5 nitrogen and oxygen atoms in total. The molecule has 1 N–H and O–H groups in total. The number of nitrogens with one attached hydrogen (secondary N) is 1. The fraction of sp³-hybridized carbons (Fsp3) is 0.538. The van der Waals surface area contributed by atoms with Gasteiger partial charge in [-0.3, -0.25) is 0 Å². The minimum atomic E-state index is -3.47. The number of benzene rings is 1. The Morgan fingerprint density at radius 3 is 2.70 bits per heavy atom. The molecule has 1 aliphatic heterocycles. The smallest absolute Gasteiger partial charge is 0.280 e. The molecule has 0 bridgehead atoms. The van der Waals surface area contributed by atoms with Crippen LogP contribution in [-0.2, 0) is 21.4 Å². The molecule has 0 aromatic heterocycles. The first kappa shape index (κ1) is 14.5. The SMILES string of the molecule is O=S(=O)(NC1c2ccccc2CC1Br)N1CCOCC1. The average molecular weight is 361 g/mol. The Bertz CT molecular complexity index is 587. The van der Waals surface area contributed by atoms with Gasteiger partial charge in [0.1, 0.15) is 0 Å². The standard InChI is InChI=1S/C13H17BrN2O3S/c14-12-9-10-3-1-2-4-11(10)13(12)15-20(17,18)16-5-7-19-8-6-16/h1-4,12-13,15H,5-9H2. The van der Waals surface area contributed by atoms with E-state index in [1.807, 2.05) is 24.3 Å². The third-order valence-corrected chi connectivity index (χ3v) is 6.20. The average Bonchev–Trinajstić information content (AvgIpc) is 2.76. The summed E-state index contributed by atoms with van der Waals surface area (Å²) in [6.07, 6.45) is 0.840. The molecule has 1 aromatic rings. The zero-order chi connectivity index (χ0) is 14.2. The van der Waals surface area contributed by atoms with Crippen molar-refractivity contribution < 1.29 is 13.2 Å². The van der Waals surface area contributed by atoms with Gasteiger partial charge in [-0.2, -0.15) is 17.4 Å². The third-order valence-electron chi connectivity index (χ3n) is 3.75. The van der Waals surface area contributed by atoms with E-state index >= 15 is 0 Å². The summed E-state index contributed by atoms with van der Waals surface area (Å²) in [5.41, 5.74) is 2.26. The fourth-order valence-corrected chi connectivity index (χ4v) is 5.04. The van der Waals surface area contributed by atoms with E-state index in [2.05, 4.69) is 20.7 Å². The molecule has 2 atom stereocenters. The lowest BCUT2D eigenvalue weighted by Crippen LogP contribution is -2.48. The van der Waals surface area contributed by atoms with E-state index in [0.717, 1.165) is 12.0 Å². The maximum atomic E-state index is 12.4. The first-order chi connectivity index (χ1) is 9.58. The number of hydrogen-bond acceptors (Lipinski definition) is 3. The normalized spacial score (nSPS) is 27.4. The molecule has 0 spiro atoms. The van der Waals surface area contributed by atoms with Gasteiger partial charge in [-0.05, 0) is 17.5 Å². The number of alkyl halides is 1. The van der Waals surface area contributed by atoms with Crippen LogP contribution in [-0.4, -0.2) is 43.9 Å². The van der Waals surface area contributed by atoms with Crippen molar-refractivity contribution in [2.24, 2.45) is 0 Å². The molecule has 0 amide bonds. The largest absolute Gasteiger partial charge is 0.379 e. The van der Waals surface area contributed by atoms with Crippen LogP contribution >= 0.6 is 15.9 Å². The van der Waals surface area contributed by atoms with Crippen molar-refractivity contribution in [3.8, 4) is 0 Å². The Kier molecular flexibility index (Phi) is 4.14. The van der Waals surface area contributed by atoms with Gasteiger partial charge in [-0.15, -0.1) is 0 Å². The quantitative estimate of drug-likeness (QED) is 0.824. The molecule has 0 radical (unpaired) electrons. The molecule has 20 heavy (non-hydrogen) atoms. The molecule has 1 heterocycles. The predicted molar refractivity (Wildman–Crippen MR) is 80.0 cm³/mol. The van der Waals surface area contributed by atoms with Gasteiger partial charge >= 0.3 is 0 Å². The van der Waals surface area contributed by atoms with Gasteiger partial charge < -0.3 is 4.74 Å². The fourth-order valence-electron chi connectivity index (χ4n) is 2.71. The number of hydrogen-bond donors (Lipinski definition) is 1. The number of halogens is 1. The van der Waals surface area contributed by atoms with Gasteiger partial charge in [-0.1, -0.05) is 40.2 Å². The summed E-state index contributed by atoms with van der Waals surface area (Å²) in [6, 6.07) is 7.76. The Morgan fingerprint density at radius 1 is 1.25 bits per heavy atom. The summed E-state index contributed by atoms with van der Waals surface area (Å²) < 4.78 is 34.4. The Balaban J connectivity index is 1.80. The molecular formula is C13H17BrN2O3S. The van der Waals surface area contributed by atoms with Crippen molar-refractivity contribution in [3.05, 3.63) is 35.4 Å². The third kappa shape index (κ3) is 2.78. The number of rotatable bonds is 3. The summed E-state index contributed by atoms with van der Waals surface area (Å²) in [6.45, 7) is 1.74. The van der Waals surface area contributed by atoms with Gasteiger partial charge in [0, 0.05) is 17.9 Å². The highest BCUT2D eigenvalue weighted by Gasteiger charge is 2.35. The van der Waals surface area contributed by atoms with E-state index in [1.165, 1.54) is 9.87 Å². The molecule has 1 fully saturated rings. The first-order valence-corrected chi connectivity index (χ1v) is 9.00. The molecule has 2 unspecified atom stereocenters. The van der Waals surface area contributed by atoms with Crippen LogP contribution in [0.15, 0.2) is 24.3 Å². The van der Waals surface area contributed by atoms with E-state index in [9.17, 15) is 8.42 Å². The van der Waals surface area contributed by atoms with E-state index in [1.54, 1.807) is 0 Å². The molecule has 1 saturated heterocycles. The second-order valence-electron chi connectivity index (χ2n) is 5.03. The number of fused-ring (bicyclic) bond motifs is 1. The summed E-state index contributed by atoms with van der Waals surface area (Å²) in [5.74, 6) is 0. The summed E-state index contributed by atoms with van der Waals surface area (Å²) in [5, 5.41) is 0. The molecule has 110 valence electrons. The van der Waals surface area contributed by atoms with Gasteiger partial charge in [0.05, 0.1) is 19.3 Å². The van der Waals surface area contributed by atoms with Crippen LogP contribution in [0.2, 0.25) is 0 Å². The molecule has 3 rings (SSSR count). The Hall–Kier alpha value is -0.470. The maximum Gasteiger partial charge on any atom is 0.280 e. The summed E-state index contributed by atoms with van der Waals surface area (Å²) >= 11 is 3.59. The molecule has 2 aliphatic rings. The Labute approximate surface area is 127 Å². The lowest BCUT2D eigenvalue weighted by Gasteiger charge is -2.28. The predicted octanol–water partition coefficient (Wildman–Crippen LogP) is 1.21. The van der Waals surface area contributed by atoms with Crippen LogP contribution in [0.5, 0.6) is 0 Å². The van der Waals surface area contributed by atoms with Gasteiger partial charge in [0.25, 0.3) is 10.2 Å². The van der Waals surface area contributed by atoms with E-state index in [4.69, 9.17) is 4.74 Å². The lowest BCUT2D eigenvalue weighted by atomic mass is 10.1. The summed E-state index contributed by atoms with van der Waals surface area (Å²) in [4.78, 5) is 0.0933. The lowest BCUT2D eigenvalue weighted by molar-refractivity contribution is 0.0723. The van der Waals surface area contributed by atoms with Crippen molar-refractivity contribution in [2.75, 3.05) is 26.3 Å². The zero-order valence-electron chi connectivity index (χ0n) is 11.0. The van der Waals surface area contributed by atoms with Gasteiger partial charge in [0.15, 0.2) is 0 Å². The highest BCUT2D eigenvalue weighted by molar-refractivity contribution is 9.09. The van der Waals surface area contributed by atoms with Crippen LogP contribution in [0.1, 0.15) is 17.2 Å². The highest BCUT2D eigenvalue weighted by atomic mass is 79.9. The molecule has 0 saturated carbocycles. The monoisotopic (exact) mass is 360 g/mol. The zero-order valence-corrected chi connectivity index (χ0v) is 13.4. The van der Waals surface area contributed by atoms with E-state index in [-0.39, 0.29) is 10.9 Å². The topological polar surface area (TPSA) is 58.6 Å². The number of ether oxygens (including phenoxy) is 1. The van der Waals surface area contributed by atoms with Crippen molar-refractivity contribution in [2.45, 2.75) is 17.3 Å². The van der Waals surface area contributed by atoms with E-state index < -0.39 is 10.2 Å². The molecule has 1 aliphatic carbocycles. The second-order valence-corrected chi connectivity index (χ2v) is 7.91. The number of nitrogens with zero attached hydrogens (tertiary/aromatic N) is 1. The maximum absolute atomic E-state index is 12.4. The minimum absolute atomic E-state index is 0.0933.